The van der Waals surface area contributed by atoms with Crippen molar-refractivity contribution < 1.29 is 12.8 Å². The van der Waals surface area contributed by atoms with E-state index in [0.717, 1.165) is 37.0 Å². The summed E-state index contributed by atoms with van der Waals surface area (Å²) in [6.07, 6.45) is 7.21. The Morgan fingerprint density at radius 3 is 2.84 bits per heavy atom. The standard InChI is InChI=1S/C14H23NO3S/c1-3-13-12(7-8-18-13)14(15)10-5-4-6-11(9-10)19(2,16)17/h7-8,10-11,14H,3-6,9,15H2,1-2H3. The lowest BCUT2D eigenvalue weighted by Gasteiger charge is -2.32. The molecule has 4 nitrogen and oxygen atoms in total. The van der Waals surface area contributed by atoms with Crippen molar-refractivity contribution in [1.29, 1.82) is 0 Å². The quantitative estimate of drug-likeness (QED) is 0.922. The van der Waals surface area contributed by atoms with Gasteiger partial charge in [0.25, 0.3) is 0 Å². The second-order valence-electron chi connectivity index (χ2n) is 5.56. The summed E-state index contributed by atoms with van der Waals surface area (Å²) in [4.78, 5) is 0. The molecule has 5 heteroatoms. The van der Waals surface area contributed by atoms with Gasteiger partial charge in [-0.1, -0.05) is 13.3 Å². The molecule has 1 aliphatic rings. The van der Waals surface area contributed by atoms with Gasteiger partial charge in [-0.2, -0.15) is 0 Å². The van der Waals surface area contributed by atoms with Gasteiger partial charge in [-0.05, 0) is 31.2 Å². The van der Waals surface area contributed by atoms with Crippen molar-refractivity contribution in [2.45, 2.75) is 50.3 Å². The average molecular weight is 285 g/mol. The van der Waals surface area contributed by atoms with Gasteiger partial charge < -0.3 is 10.2 Å². The van der Waals surface area contributed by atoms with E-state index in [1.807, 2.05) is 13.0 Å². The summed E-state index contributed by atoms with van der Waals surface area (Å²) in [5.41, 5.74) is 7.38. The molecule has 1 aromatic rings. The summed E-state index contributed by atoms with van der Waals surface area (Å²) in [5, 5.41) is -0.228. The summed E-state index contributed by atoms with van der Waals surface area (Å²) in [7, 11) is -2.96. The van der Waals surface area contributed by atoms with Crippen molar-refractivity contribution >= 4 is 9.84 Å². The molecule has 3 unspecified atom stereocenters. The Bertz CT molecular complexity index is 521. The first kappa shape index (κ1) is 14.6. The van der Waals surface area contributed by atoms with Crippen molar-refractivity contribution in [3.8, 4) is 0 Å². The van der Waals surface area contributed by atoms with Crippen LogP contribution in [0.15, 0.2) is 16.7 Å². The van der Waals surface area contributed by atoms with E-state index in [0.29, 0.717) is 6.42 Å². The second kappa shape index (κ2) is 5.67. The van der Waals surface area contributed by atoms with Crippen molar-refractivity contribution in [3.05, 3.63) is 23.7 Å². The molecule has 0 aliphatic heterocycles. The molecule has 0 saturated heterocycles. The molecule has 0 spiro atoms. The van der Waals surface area contributed by atoms with Crippen LogP contribution < -0.4 is 5.73 Å². The zero-order chi connectivity index (χ0) is 14.0. The number of rotatable bonds is 4. The van der Waals surface area contributed by atoms with Gasteiger partial charge in [-0.25, -0.2) is 8.42 Å². The minimum atomic E-state index is -2.96. The van der Waals surface area contributed by atoms with Gasteiger partial charge in [0.2, 0.25) is 0 Å². The molecule has 2 N–H and O–H groups in total. The Morgan fingerprint density at radius 2 is 2.21 bits per heavy atom. The number of aryl methyl sites for hydroxylation is 1. The van der Waals surface area contributed by atoms with Crippen LogP contribution in [0, 0.1) is 5.92 Å². The average Bonchev–Trinajstić information content (AvgIpc) is 2.85. The predicted octanol–water partition coefficient (Wildman–Crippen LogP) is 2.45. The number of furan rings is 1. The van der Waals surface area contributed by atoms with Gasteiger partial charge in [0, 0.05) is 24.3 Å². The second-order valence-corrected chi connectivity index (χ2v) is 7.88. The zero-order valence-corrected chi connectivity index (χ0v) is 12.4. The highest BCUT2D eigenvalue weighted by Gasteiger charge is 2.33. The third kappa shape index (κ3) is 3.20. The maximum absolute atomic E-state index is 11.7. The normalized spacial score (nSPS) is 26.3. The molecule has 0 radical (unpaired) electrons. The van der Waals surface area contributed by atoms with Gasteiger partial charge in [-0.15, -0.1) is 0 Å². The molecule has 0 amide bonds. The summed E-state index contributed by atoms with van der Waals surface area (Å²) < 4.78 is 28.8. The molecular formula is C14H23NO3S. The summed E-state index contributed by atoms with van der Waals surface area (Å²) in [5.74, 6) is 1.16. The van der Waals surface area contributed by atoms with E-state index in [9.17, 15) is 8.42 Å². The molecule has 1 heterocycles. The summed E-state index contributed by atoms with van der Waals surface area (Å²) >= 11 is 0. The lowest BCUT2D eigenvalue weighted by molar-refractivity contribution is 0.306. The molecule has 1 fully saturated rings. The van der Waals surface area contributed by atoms with E-state index in [1.165, 1.54) is 6.26 Å². The van der Waals surface area contributed by atoms with E-state index in [4.69, 9.17) is 10.2 Å². The van der Waals surface area contributed by atoms with Crippen LogP contribution in [0.5, 0.6) is 0 Å². The van der Waals surface area contributed by atoms with E-state index >= 15 is 0 Å². The molecule has 1 aliphatic carbocycles. The molecule has 0 aromatic carbocycles. The number of hydrogen-bond donors (Lipinski definition) is 1. The Labute approximate surface area is 115 Å². The fourth-order valence-electron chi connectivity index (χ4n) is 3.08. The maximum Gasteiger partial charge on any atom is 0.150 e. The number of hydrogen-bond acceptors (Lipinski definition) is 4. The number of nitrogens with two attached hydrogens (primary N) is 1. The smallest absolute Gasteiger partial charge is 0.150 e. The molecule has 1 aromatic heterocycles. The highest BCUT2D eigenvalue weighted by Crippen LogP contribution is 2.36. The molecular weight excluding hydrogens is 262 g/mol. The van der Waals surface area contributed by atoms with E-state index in [1.54, 1.807) is 6.26 Å². The van der Waals surface area contributed by atoms with Crippen molar-refractivity contribution in [3.63, 3.8) is 0 Å². The maximum atomic E-state index is 11.7. The van der Waals surface area contributed by atoms with E-state index < -0.39 is 9.84 Å². The minimum absolute atomic E-state index is 0.113. The fraction of sp³-hybridized carbons (Fsp3) is 0.714. The highest BCUT2D eigenvalue weighted by atomic mass is 32.2. The summed E-state index contributed by atoms with van der Waals surface area (Å²) in [6, 6.07) is 1.81. The van der Waals surface area contributed by atoms with Gasteiger partial charge in [-0.3, -0.25) is 0 Å². The van der Waals surface area contributed by atoms with Crippen LogP contribution in [0.4, 0.5) is 0 Å². The fourth-order valence-corrected chi connectivity index (χ4v) is 4.28. The van der Waals surface area contributed by atoms with Crippen molar-refractivity contribution in [2.75, 3.05) is 6.26 Å². The Hall–Kier alpha value is -0.810. The van der Waals surface area contributed by atoms with Crippen LogP contribution in [0.3, 0.4) is 0 Å². The monoisotopic (exact) mass is 285 g/mol. The third-order valence-corrected chi connectivity index (χ3v) is 5.88. The minimum Gasteiger partial charge on any atom is -0.469 e. The third-order valence-electron chi connectivity index (χ3n) is 4.24. The Morgan fingerprint density at radius 1 is 1.47 bits per heavy atom. The number of sulfone groups is 1. The van der Waals surface area contributed by atoms with E-state index in [-0.39, 0.29) is 17.2 Å². The van der Waals surface area contributed by atoms with Crippen molar-refractivity contribution in [2.24, 2.45) is 11.7 Å². The first-order valence-corrected chi connectivity index (χ1v) is 8.89. The van der Waals surface area contributed by atoms with Crippen LogP contribution in [-0.2, 0) is 16.3 Å². The Kier molecular flexibility index (Phi) is 4.36. The first-order chi connectivity index (χ1) is 8.93. The van der Waals surface area contributed by atoms with Gasteiger partial charge in [0.05, 0.1) is 11.5 Å². The van der Waals surface area contributed by atoms with E-state index in [2.05, 4.69) is 0 Å². The van der Waals surface area contributed by atoms with Crippen LogP contribution in [0.1, 0.15) is 50.0 Å². The lowest BCUT2D eigenvalue weighted by atomic mass is 9.81. The van der Waals surface area contributed by atoms with Crippen LogP contribution in [-0.4, -0.2) is 19.9 Å². The van der Waals surface area contributed by atoms with Gasteiger partial charge in [0.15, 0.2) is 0 Å². The molecule has 3 atom stereocenters. The largest absolute Gasteiger partial charge is 0.469 e. The topological polar surface area (TPSA) is 73.3 Å². The molecule has 108 valence electrons. The van der Waals surface area contributed by atoms with Crippen LogP contribution in [0.25, 0.3) is 0 Å². The van der Waals surface area contributed by atoms with Gasteiger partial charge >= 0.3 is 0 Å². The molecule has 0 bridgehead atoms. The zero-order valence-electron chi connectivity index (χ0n) is 11.6. The first-order valence-electron chi connectivity index (χ1n) is 6.94. The lowest BCUT2D eigenvalue weighted by Crippen LogP contribution is -2.33. The highest BCUT2D eigenvalue weighted by molar-refractivity contribution is 7.91. The predicted molar refractivity (Wildman–Crippen MR) is 75.6 cm³/mol. The molecule has 1 saturated carbocycles. The van der Waals surface area contributed by atoms with Crippen LogP contribution >= 0.6 is 0 Å². The molecule has 2 rings (SSSR count). The van der Waals surface area contributed by atoms with Crippen LogP contribution in [0.2, 0.25) is 0 Å². The SMILES string of the molecule is CCc1occc1C(N)C1CCCC(S(C)(=O)=O)C1. The van der Waals surface area contributed by atoms with Crippen molar-refractivity contribution in [1.82, 2.24) is 0 Å². The Balaban J connectivity index is 2.13. The molecule has 19 heavy (non-hydrogen) atoms. The van der Waals surface area contributed by atoms with Gasteiger partial charge in [0.1, 0.15) is 15.6 Å². The summed E-state index contributed by atoms with van der Waals surface area (Å²) in [6.45, 7) is 2.04.